The van der Waals surface area contributed by atoms with Crippen molar-refractivity contribution in [3.05, 3.63) is 35.5 Å². The standard InChI is InChI=1S/C25H36N6O2/c1-29-10-12-31(13-11-29)21-5-3-20(4-6-21)24-27-23-7-16-33-19-22(23)25(28-24)26-8-2-9-30-14-17-32-18-15-30/h3-6H,2,7-19H2,1H3,(H,26,27,28). The zero-order valence-corrected chi connectivity index (χ0v) is 19.8. The summed E-state index contributed by atoms with van der Waals surface area (Å²) in [6.45, 7) is 11.4. The van der Waals surface area contributed by atoms with Gasteiger partial charge in [0, 0.05) is 69.0 Å². The Morgan fingerprint density at radius 1 is 0.909 bits per heavy atom. The van der Waals surface area contributed by atoms with E-state index in [-0.39, 0.29) is 0 Å². The second-order valence-electron chi connectivity index (χ2n) is 9.20. The summed E-state index contributed by atoms with van der Waals surface area (Å²) >= 11 is 0. The number of benzene rings is 1. The van der Waals surface area contributed by atoms with Crippen LogP contribution in [0.25, 0.3) is 11.4 Å². The summed E-state index contributed by atoms with van der Waals surface area (Å²) in [4.78, 5) is 17.2. The van der Waals surface area contributed by atoms with Gasteiger partial charge in [0.15, 0.2) is 5.82 Å². The van der Waals surface area contributed by atoms with Gasteiger partial charge in [-0.25, -0.2) is 9.97 Å². The molecule has 33 heavy (non-hydrogen) atoms. The first kappa shape index (κ1) is 22.5. The third kappa shape index (κ3) is 5.63. The molecule has 0 saturated carbocycles. The molecule has 3 aliphatic rings. The Labute approximate surface area is 196 Å². The first-order valence-corrected chi connectivity index (χ1v) is 12.3. The quantitative estimate of drug-likeness (QED) is 0.641. The molecule has 2 aromatic rings. The number of piperazine rings is 1. The molecule has 0 atom stereocenters. The van der Waals surface area contributed by atoms with E-state index in [9.17, 15) is 0 Å². The van der Waals surface area contributed by atoms with Crippen molar-refractivity contribution in [3.63, 3.8) is 0 Å². The molecule has 8 nitrogen and oxygen atoms in total. The molecule has 178 valence electrons. The largest absolute Gasteiger partial charge is 0.379 e. The Morgan fingerprint density at radius 2 is 1.70 bits per heavy atom. The van der Waals surface area contributed by atoms with Gasteiger partial charge in [-0.3, -0.25) is 4.90 Å². The number of likely N-dealkylation sites (N-methyl/N-ethyl adjacent to an activating group) is 1. The molecule has 1 N–H and O–H groups in total. The Kier molecular flexibility index (Phi) is 7.36. The van der Waals surface area contributed by atoms with Crippen LogP contribution < -0.4 is 10.2 Å². The number of fused-ring (bicyclic) bond motifs is 1. The molecule has 0 spiro atoms. The van der Waals surface area contributed by atoms with Gasteiger partial charge in [-0.2, -0.15) is 0 Å². The molecular weight excluding hydrogens is 416 g/mol. The van der Waals surface area contributed by atoms with Gasteiger partial charge in [-0.1, -0.05) is 0 Å². The molecule has 0 amide bonds. The molecule has 3 aliphatic heterocycles. The number of nitrogens with zero attached hydrogens (tertiary/aromatic N) is 5. The van der Waals surface area contributed by atoms with E-state index in [4.69, 9.17) is 19.4 Å². The lowest BCUT2D eigenvalue weighted by Crippen LogP contribution is -2.44. The molecule has 0 bridgehead atoms. The Hall–Kier alpha value is -2.26. The van der Waals surface area contributed by atoms with Crippen molar-refractivity contribution in [2.45, 2.75) is 19.4 Å². The third-order valence-corrected chi connectivity index (χ3v) is 6.86. The second-order valence-corrected chi connectivity index (χ2v) is 9.20. The van der Waals surface area contributed by atoms with Crippen molar-refractivity contribution in [1.29, 1.82) is 0 Å². The molecule has 2 fully saturated rings. The van der Waals surface area contributed by atoms with Gasteiger partial charge < -0.3 is 24.6 Å². The SMILES string of the molecule is CN1CCN(c2ccc(-c3nc4c(c(NCCCN5CCOCC5)n3)COCC4)cc2)CC1. The summed E-state index contributed by atoms with van der Waals surface area (Å²) in [5, 5.41) is 3.59. The lowest BCUT2D eigenvalue weighted by Gasteiger charge is -2.34. The summed E-state index contributed by atoms with van der Waals surface area (Å²) in [7, 11) is 2.19. The summed E-state index contributed by atoms with van der Waals surface area (Å²) in [5.41, 5.74) is 4.58. The van der Waals surface area contributed by atoms with E-state index in [1.54, 1.807) is 0 Å². The highest BCUT2D eigenvalue weighted by Crippen LogP contribution is 2.28. The predicted octanol–water partition coefficient (Wildman–Crippen LogP) is 2.10. The number of hydrogen-bond donors (Lipinski definition) is 1. The van der Waals surface area contributed by atoms with Crippen LogP contribution in [0.4, 0.5) is 11.5 Å². The number of aromatic nitrogens is 2. The van der Waals surface area contributed by atoms with E-state index in [2.05, 4.69) is 51.3 Å². The van der Waals surface area contributed by atoms with Crippen molar-refractivity contribution >= 4 is 11.5 Å². The number of morpholine rings is 1. The van der Waals surface area contributed by atoms with E-state index >= 15 is 0 Å². The maximum Gasteiger partial charge on any atom is 0.161 e. The molecular formula is C25H36N6O2. The van der Waals surface area contributed by atoms with Crippen LogP contribution in [0.15, 0.2) is 24.3 Å². The molecule has 0 unspecified atom stereocenters. The van der Waals surface area contributed by atoms with Crippen LogP contribution >= 0.6 is 0 Å². The number of ether oxygens (including phenoxy) is 2. The normalized spacial score (nSPS) is 20.0. The topological polar surface area (TPSA) is 66.0 Å². The van der Waals surface area contributed by atoms with Crippen LogP contribution in [0, 0.1) is 0 Å². The van der Waals surface area contributed by atoms with Gasteiger partial charge in [0.05, 0.1) is 32.1 Å². The summed E-state index contributed by atoms with van der Waals surface area (Å²) in [6, 6.07) is 8.75. The van der Waals surface area contributed by atoms with Crippen LogP contribution in [-0.4, -0.2) is 99.0 Å². The zero-order chi connectivity index (χ0) is 22.5. The number of hydrogen-bond acceptors (Lipinski definition) is 8. The second kappa shape index (κ2) is 10.8. The fraction of sp³-hybridized carbons (Fsp3) is 0.600. The van der Waals surface area contributed by atoms with E-state index in [1.807, 2.05) is 0 Å². The summed E-state index contributed by atoms with van der Waals surface area (Å²) in [6.07, 6.45) is 1.92. The predicted molar refractivity (Wildman–Crippen MR) is 131 cm³/mol. The molecule has 5 rings (SSSR count). The van der Waals surface area contributed by atoms with E-state index in [1.165, 1.54) is 5.69 Å². The zero-order valence-electron chi connectivity index (χ0n) is 19.8. The first-order chi connectivity index (χ1) is 16.3. The van der Waals surface area contributed by atoms with E-state index < -0.39 is 0 Å². The van der Waals surface area contributed by atoms with Crippen LogP contribution in [0.5, 0.6) is 0 Å². The lowest BCUT2D eigenvalue weighted by atomic mass is 10.1. The third-order valence-electron chi connectivity index (χ3n) is 6.86. The first-order valence-electron chi connectivity index (χ1n) is 12.3. The van der Waals surface area contributed by atoms with Gasteiger partial charge in [0.1, 0.15) is 5.82 Å². The highest BCUT2D eigenvalue weighted by Gasteiger charge is 2.20. The molecule has 0 radical (unpaired) electrons. The minimum absolute atomic E-state index is 0.587. The maximum atomic E-state index is 5.72. The summed E-state index contributed by atoms with van der Waals surface area (Å²) < 4.78 is 11.2. The highest BCUT2D eigenvalue weighted by atomic mass is 16.5. The van der Waals surface area contributed by atoms with Gasteiger partial charge in [-0.15, -0.1) is 0 Å². The average molecular weight is 453 g/mol. The maximum absolute atomic E-state index is 5.72. The smallest absolute Gasteiger partial charge is 0.161 e. The number of nitrogens with one attached hydrogen (secondary N) is 1. The van der Waals surface area contributed by atoms with Crippen molar-refractivity contribution in [2.75, 3.05) is 89.4 Å². The van der Waals surface area contributed by atoms with Gasteiger partial charge in [0.2, 0.25) is 0 Å². The molecule has 0 aliphatic carbocycles. The number of anilines is 2. The molecule has 8 heteroatoms. The number of rotatable bonds is 7. The molecule has 4 heterocycles. The van der Waals surface area contributed by atoms with E-state index in [0.717, 1.165) is 113 Å². The van der Waals surface area contributed by atoms with Gasteiger partial charge >= 0.3 is 0 Å². The van der Waals surface area contributed by atoms with Crippen molar-refractivity contribution in [1.82, 2.24) is 19.8 Å². The summed E-state index contributed by atoms with van der Waals surface area (Å²) in [5.74, 6) is 1.73. The van der Waals surface area contributed by atoms with Gasteiger partial charge in [0.25, 0.3) is 0 Å². The van der Waals surface area contributed by atoms with Crippen molar-refractivity contribution in [3.8, 4) is 11.4 Å². The fourth-order valence-corrected chi connectivity index (χ4v) is 4.73. The average Bonchev–Trinajstić information content (AvgIpc) is 2.87. The van der Waals surface area contributed by atoms with Crippen molar-refractivity contribution < 1.29 is 9.47 Å². The van der Waals surface area contributed by atoms with Crippen LogP contribution in [0.2, 0.25) is 0 Å². The fourth-order valence-electron chi connectivity index (χ4n) is 4.73. The molecule has 2 saturated heterocycles. The van der Waals surface area contributed by atoms with Crippen LogP contribution in [0.3, 0.4) is 0 Å². The Morgan fingerprint density at radius 3 is 2.48 bits per heavy atom. The van der Waals surface area contributed by atoms with Crippen LogP contribution in [0.1, 0.15) is 17.7 Å². The lowest BCUT2D eigenvalue weighted by molar-refractivity contribution is 0.0378. The van der Waals surface area contributed by atoms with Crippen molar-refractivity contribution in [2.24, 2.45) is 0 Å². The Balaban J connectivity index is 1.27. The highest BCUT2D eigenvalue weighted by molar-refractivity contribution is 5.63. The van der Waals surface area contributed by atoms with Crippen LogP contribution in [-0.2, 0) is 22.5 Å². The van der Waals surface area contributed by atoms with Gasteiger partial charge in [-0.05, 0) is 44.3 Å². The Bertz CT molecular complexity index is 908. The minimum atomic E-state index is 0.587. The molecule has 1 aromatic heterocycles. The monoisotopic (exact) mass is 452 g/mol. The van der Waals surface area contributed by atoms with E-state index in [0.29, 0.717) is 6.61 Å². The minimum Gasteiger partial charge on any atom is -0.379 e. The molecule has 1 aromatic carbocycles.